The van der Waals surface area contributed by atoms with Gasteiger partial charge in [-0.25, -0.2) is 0 Å². The predicted octanol–water partition coefficient (Wildman–Crippen LogP) is 12.2. The van der Waals surface area contributed by atoms with Gasteiger partial charge >= 0.3 is 0 Å². The minimum absolute atomic E-state index is 0.0699. The second-order valence-corrected chi connectivity index (χ2v) is 13.9. The largest absolute Gasteiger partial charge is 0.310 e. The Morgan fingerprint density at radius 2 is 0.652 bits per heavy atom. The molecule has 0 fully saturated rings. The van der Waals surface area contributed by atoms with Gasteiger partial charge in [-0.05, 0) is 92.3 Å². The molecular formula is C44H36N2. The molecule has 46 heavy (non-hydrogen) atoms. The number of hydrogen-bond acceptors (Lipinski definition) is 2. The molecular weight excluding hydrogens is 556 g/mol. The lowest BCUT2D eigenvalue weighted by Gasteiger charge is -2.42. The second kappa shape index (κ2) is 9.58. The zero-order chi connectivity index (χ0) is 31.2. The molecule has 0 unspecified atom stereocenters. The zero-order valence-electron chi connectivity index (χ0n) is 26.8. The highest BCUT2D eigenvalue weighted by atomic mass is 15.2. The fourth-order valence-electron chi connectivity index (χ4n) is 8.22. The summed E-state index contributed by atoms with van der Waals surface area (Å²) in [5, 5.41) is 5.03. The van der Waals surface area contributed by atoms with E-state index in [9.17, 15) is 0 Å². The average Bonchev–Trinajstić information content (AvgIpc) is 3.08. The monoisotopic (exact) mass is 592 g/mol. The highest BCUT2D eigenvalue weighted by molar-refractivity contribution is 6.10. The van der Waals surface area contributed by atoms with Crippen LogP contribution in [0.1, 0.15) is 49.9 Å². The molecule has 9 rings (SSSR count). The van der Waals surface area contributed by atoms with Crippen molar-refractivity contribution in [2.24, 2.45) is 0 Å². The van der Waals surface area contributed by atoms with Crippen molar-refractivity contribution in [3.63, 3.8) is 0 Å². The van der Waals surface area contributed by atoms with E-state index in [0.29, 0.717) is 0 Å². The van der Waals surface area contributed by atoms with Gasteiger partial charge in [-0.1, -0.05) is 125 Å². The number of benzene rings is 7. The molecule has 0 aliphatic carbocycles. The van der Waals surface area contributed by atoms with Crippen LogP contribution in [0.25, 0.3) is 21.5 Å². The van der Waals surface area contributed by atoms with Gasteiger partial charge in [0.1, 0.15) is 0 Å². The maximum absolute atomic E-state index is 2.44. The van der Waals surface area contributed by atoms with E-state index < -0.39 is 0 Å². The van der Waals surface area contributed by atoms with Crippen LogP contribution in [-0.2, 0) is 10.8 Å². The molecule has 0 atom stereocenters. The summed E-state index contributed by atoms with van der Waals surface area (Å²) in [7, 11) is 0. The van der Waals surface area contributed by atoms with Gasteiger partial charge in [-0.2, -0.15) is 0 Å². The summed E-state index contributed by atoms with van der Waals surface area (Å²) in [6.07, 6.45) is 0. The highest BCUT2D eigenvalue weighted by Gasteiger charge is 2.37. The molecule has 7 aromatic rings. The zero-order valence-corrected chi connectivity index (χ0v) is 26.8. The average molecular weight is 593 g/mol. The van der Waals surface area contributed by atoms with E-state index in [0.717, 1.165) is 0 Å². The van der Waals surface area contributed by atoms with Crippen LogP contribution < -0.4 is 9.80 Å². The summed E-state index contributed by atoms with van der Waals surface area (Å²) in [5.74, 6) is 0. The molecule has 2 heteroatoms. The summed E-state index contributed by atoms with van der Waals surface area (Å²) in [4.78, 5) is 4.88. The van der Waals surface area contributed by atoms with Gasteiger partial charge in [0.05, 0.1) is 22.7 Å². The van der Waals surface area contributed by atoms with E-state index >= 15 is 0 Å². The highest BCUT2D eigenvalue weighted by Crippen LogP contribution is 2.53. The van der Waals surface area contributed by atoms with Crippen molar-refractivity contribution >= 4 is 55.7 Å². The van der Waals surface area contributed by atoms with Crippen LogP contribution in [0.4, 0.5) is 34.1 Å². The molecule has 0 aromatic heterocycles. The Morgan fingerprint density at radius 1 is 0.348 bits per heavy atom. The van der Waals surface area contributed by atoms with Gasteiger partial charge in [0.2, 0.25) is 0 Å². The standard InChI is InChI=1S/C44H36N2/c1-43(2)35-13-5-9-17-39(35)45(40-18-10-6-14-36(40)43)31-23-25-33-29(27-31)21-22-30-28-32(24-26-34(30)33)46-41-19-11-7-15-37(41)44(3,4)38-16-8-12-20-42(38)46/h5-28H,1-4H3. The van der Waals surface area contributed by atoms with Crippen LogP contribution in [0.15, 0.2) is 146 Å². The second-order valence-electron chi connectivity index (χ2n) is 13.9. The lowest BCUT2D eigenvalue weighted by Crippen LogP contribution is -2.30. The first kappa shape index (κ1) is 27.0. The number of para-hydroxylation sites is 4. The number of hydrogen-bond donors (Lipinski definition) is 0. The first-order chi connectivity index (χ1) is 22.3. The summed E-state index contributed by atoms with van der Waals surface area (Å²) >= 11 is 0. The third kappa shape index (κ3) is 3.70. The molecule has 0 bridgehead atoms. The maximum Gasteiger partial charge on any atom is 0.0502 e. The van der Waals surface area contributed by atoms with Crippen LogP contribution in [0.2, 0.25) is 0 Å². The van der Waals surface area contributed by atoms with Gasteiger partial charge in [-0.15, -0.1) is 0 Å². The van der Waals surface area contributed by atoms with Gasteiger partial charge in [0.25, 0.3) is 0 Å². The van der Waals surface area contributed by atoms with E-state index in [1.165, 1.54) is 77.9 Å². The molecule has 2 heterocycles. The van der Waals surface area contributed by atoms with Crippen molar-refractivity contribution in [1.82, 2.24) is 0 Å². The lowest BCUT2D eigenvalue weighted by atomic mass is 9.73. The molecule has 0 spiro atoms. The van der Waals surface area contributed by atoms with Crippen LogP contribution in [0, 0.1) is 0 Å². The summed E-state index contributed by atoms with van der Waals surface area (Å²) in [5.41, 5.74) is 12.6. The third-order valence-electron chi connectivity index (χ3n) is 10.6. The number of nitrogens with zero attached hydrogens (tertiary/aromatic N) is 2. The molecule has 7 aromatic carbocycles. The van der Waals surface area contributed by atoms with E-state index in [1.807, 2.05) is 0 Å². The minimum Gasteiger partial charge on any atom is -0.310 e. The van der Waals surface area contributed by atoms with Gasteiger partial charge in [0, 0.05) is 22.2 Å². The summed E-state index contributed by atoms with van der Waals surface area (Å²) in [6, 6.07) is 53.9. The first-order valence-electron chi connectivity index (χ1n) is 16.3. The van der Waals surface area contributed by atoms with E-state index in [1.54, 1.807) is 0 Å². The first-order valence-corrected chi connectivity index (χ1v) is 16.3. The molecule has 2 nitrogen and oxygen atoms in total. The van der Waals surface area contributed by atoms with Crippen molar-refractivity contribution in [2.45, 2.75) is 38.5 Å². The van der Waals surface area contributed by atoms with Crippen molar-refractivity contribution in [2.75, 3.05) is 9.80 Å². The topological polar surface area (TPSA) is 6.48 Å². The van der Waals surface area contributed by atoms with Crippen molar-refractivity contribution in [3.05, 3.63) is 168 Å². The van der Waals surface area contributed by atoms with Crippen molar-refractivity contribution in [1.29, 1.82) is 0 Å². The molecule has 222 valence electrons. The number of anilines is 6. The van der Waals surface area contributed by atoms with Crippen LogP contribution in [-0.4, -0.2) is 0 Å². The molecule has 0 saturated heterocycles. The fourth-order valence-corrected chi connectivity index (χ4v) is 8.22. The van der Waals surface area contributed by atoms with E-state index in [-0.39, 0.29) is 10.8 Å². The Labute approximate surface area is 271 Å². The Hall–Kier alpha value is -5.34. The number of rotatable bonds is 2. The smallest absolute Gasteiger partial charge is 0.0502 e. The molecule has 0 amide bonds. The number of fused-ring (bicyclic) bond motifs is 7. The van der Waals surface area contributed by atoms with Gasteiger partial charge in [-0.3, -0.25) is 0 Å². The van der Waals surface area contributed by atoms with Crippen LogP contribution in [0.3, 0.4) is 0 Å². The van der Waals surface area contributed by atoms with E-state index in [4.69, 9.17) is 0 Å². The summed E-state index contributed by atoms with van der Waals surface area (Å²) in [6.45, 7) is 9.35. The Balaban J connectivity index is 1.18. The minimum atomic E-state index is -0.0699. The lowest BCUT2D eigenvalue weighted by molar-refractivity contribution is 0.632. The SMILES string of the molecule is CC1(C)c2ccccc2N(c2ccc3c(ccc4cc(N5c6ccccc6C(C)(C)c6ccccc65)ccc43)c2)c2ccccc21. The molecule has 0 saturated carbocycles. The summed E-state index contributed by atoms with van der Waals surface area (Å²) < 4.78 is 0. The molecule has 2 aliphatic rings. The maximum atomic E-state index is 2.44. The van der Waals surface area contributed by atoms with Crippen LogP contribution >= 0.6 is 0 Å². The third-order valence-corrected chi connectivity index (χ3v) is 10.6. The van der Waals surface area contributed by atoms with Gasteiger partial charge in [0.15, 0.2) is 0 Å². The van der Waals surface area contributed by atoms with E-state index in [2.05, 4.69) is 183 Å². The van der Waals surface area contributed by atoms with Crippen LogP contribution in [0.5, 0.6) is 0 Å². The van der Waals surface area contributed by atoms with Crippen molar-refractivity contribution in [3.8, 4) is 0 Å². The quantitative estimate of drug-likeness (QED) is 0.184. The Morgan fingerprint density at radius 3 is 0.978 bits per heavy atom. The Kier molecular flexibility index (Phi) is 5.63. The normalized spacial score (nSPS) is 15.7. The van der Waals surface area contributed by atoms with Crippen molar-refractivity contribution < 1.29 is 0 Å². The Bertz CT molecular complexity index is 2080. The predicted molar refractivity (Wildman–Crippen MR) is 195 cm³/mol. The molecule has 0 radical (unpaired) electrons. The molecule has 0 N–H and O–H groups in total. The fraction of sp³-hybridized carbons (Fsp3) is 0.136. The van der Waals surface area contributed by atoms with Gasteiger partial charge < -0.3 is 9.80 Å². The molecule has 2 aliphatic heterocycles.